The molecular formula is C16H21N3OS. The van der Waals surface area contributed by atoms with E-state index in [0.29, 0.717) is 23.2 Å². The third-order valence-electron chi connectivity index (χ3n) is 5.42. The Hall–Kier alpha value is -1.49. The average Bonchev–Trinajstić information content (AvgIpc) is 2.85. The number of thiophene rings is 1. The van der Waals surface area contributed by atoms with Crippen molar-refractivity contribution in [3.63, 3.8) is 0 Å². The first-order valence-corrected chi connectivity index (χ1v) is 8.55. The summed E-state index contributed by atoms with van der Waals surface area (Å²) in [4.78, 5) is 12.6. The van der Waals surface area contributed by atoms with Gasteiger partial charge in [0.05, 0.1) is 10.7 Å². The molecule has 3 aliphatic rings. The molecular weight excluding hydrogens is 282 g/mol. The lowest BCUT2D eigenvalue weighted by Crippen LogP contribution is -2.22. The van der Waals surface area contributed by atoms with Crippen LogP contribution in [0, 0.1) is 23.7 Å². The van der Waals surface area contributed by atoms with E-state index in [2.05, 4.69) is 17.2 Å². The molecule has 21 heavy (non-hydrogen) atoms. The number of nitrogens with two attached hydrogens (primary N) is 1. The minimum atomic E-state index is -0.110. The van der Waals surface area contributed by atoms with Crippen molar-refractivity contribution >= 4 is 27.9 Å². The Labute approximate surface area is 128 Å². The number of nitrogen functional groups attached to an aromatic ring is 1. The minimum Gasteiger partial charge on any atom is -0.397 e. The maximum absolute atomic E-state index is 12.0. The molecule has 0 aliphatic heterocycles. The lowest BCUT2D eigenvalue weighted by atomic mass is 10.0. The van der Waals surface area contributed by atoms with Crippen molar-refractivity contribution in [2.75, 3.05) is 17.6 Å². The van der Waals surface area contributed by atoms with Gasteiger partial charge in [0.2, 0.25) is 0 Å². The highest BCUT2D eigenvalue weighted by Gasteiger charge is 2.65. The third-order valence-corrected chi connectivity index (χ3v) is 6.50. The van der Waals surface area contributed by atoms with Crippen molar-refractivity contribution in [2.24, 2.45) is 23.7 Å². The molecule has 0 spiro atoms. The Kier molecular flexibility index (Phi) is 2.99. The molecule has 4 nitrogen and oxygen atoms in total. The first-order valence-electron chi connectivity index (χ1n) is 7.74. The van der Waals surface area contributed by atoms with Crippen molar-refractivity contribution in [3.05, 3.63) is 23.6 Å². The summed E-state index contributed by atoms with van der Waals surface area (Å²) in [5.74, 6) is 3.55. The van der Waals surface area contributed by atoms with Gasteiger partial charge in [0.1, 0.15) is 4.88 Å². The van der Waals surface area contributed by atoms with Crippen LogP contribution < -0.4 is 16.4 Å². The summed E-state index contributed by atoms with van der Waals surface area (Å²) in [7, 11) is 0. The molecule has 3 fully saturated rings. The molecule has 3 saturated carbocycles. The molecule has 5 heteroatoms. The van der Waals surface area contributed by atoms with Crippen LogP contribution in [0.3, 0.4) is 0 Å². The van der Waals surface area contributed by atoms with Crippen molar-refractivity contribution in [3.8, 4) is 0 Å². The largest absolute Gasteiger partial charge is 0.397 e. The molecule has 4 N–H and O–H groups in total. The monoisotopic (exact) mass is 303 g/mol. The van der Waals surface area contributed by atoms with Gasteiger partial charge in [-0.15, -0.1) is 17.9 Å². The summed E-state index contributed by atoms with van der Waals surface area (Å²) in [5, 5.41) is 7.45. The van der Waals surface area contributed by atoms with Crippen LogP contribution in [0.25, 0.3) is 0 Å². The second kappa shape index (κ2) is 4.77. The highest BCUT2D eigenvalue weighted by atomic mass is 32.1. The molecule has 2 bridgehead atoms. The Morgan fingerprint density at radius 2 is 2.14 bits per heavy atom. The number of carbonyl (C=O) groups excluding carboxylic acids is 1. The number of hydrogen-bond acceptors (Lipinski definition) is 4. The maximum atomic E-state index is 12.0. The summed E-state index contributed by atoms with van der Waals surface area (Å²) in [6, 6.07) is 2.53. The number of rotatable bonds is 5. The summed E-state index contributed by atoms with van der Waals surface area (Å²) in [5.41, 5.74) is 6.54. The van der Waals surface area contributed by atoms with E-state index in [0.717, 1.165) is 28.7 Å². The first-order chi connectivity index (χ1) is 10.2. The third kappa shape index (κ3) is 2.06. The number of fused-ring (bicyclic) bond motifs is 5. The molecule has 4 unspecified atom stereocenters. The van der Waals surface area contributed by atoms with E-state index in [1.54, 1.807) is 6.08 Å². The van der Waals surface area contributed by atoms with Gasteiger partial charge in [-0.05, 0) is 49.0 Å². The normalized spacial score (nSPS) is 35.3. The van der Waals surface area contributed by atoms with E-state index in [4.69, 9.17) is 5.73 Å². The van der Waals surface area contributed by atoms with Gasteiger partial charge in [0.15, 0.2) is 0 Å². The van der Waals surface area contributed by atoms with Gasteiger partial charge in [-0.3, -0.25) is 4.79 Å². The average molecular weight is 303 g/mol. The van der Waals surface area contributed by atoms with Crippen molar-refractivity contribution in [1.29, 1.82) is 0 Å². The molecule has 1 heterocycles. The lowest BCUT2D eigenvalue weighted by molar-refractivity contribution is 0.0963. The number of hydrogen-bond donors (Lipinski definition) is 3. The Bertz CT molecular complexity index is 580. The van der Waals surface area contributed by atoms with E-state index in [9.17, 15) is 4.79 Å². The van der Waals surface area contributed by atoms with Gasteiger partial charge >= 0.3 is 0 Å². The zero-order valence-corrected chi connectivity index (χ0v) is 12.8. The van der Waals surface area contributed by atoms with Crippen LogP contribution in [0.15, 0.2) is 18.7 Å². The topological polar surface area (TPSA) is 67.2 Å². The van der Waals surface area contributed by atoms with Crippen molar-refractivity contribution in [2.45, 2.75) is 25.3 Å². The van der Waals surface area contributed by atoms with Crippen molar-refractivity contribution in [1.82, 2.24) is 5.32 Å². The molecule has 112 valence electrons. The van der Waals surface area contributed by atoms with Crippen LogP contribution in [0.4, 0.5) is 10.7 Å². The van der Waals surface area contributed by atoms with Crippen LogP contribution in [0.5, 0.6) is 0 Å². The quantitative estimate of drug-likeness (QED) is 0.733. The van der Waals surface area contributed by atoms with Crippen LogP contribution in [-0.2, 0) is 0 Å². The molecule has 1 aromatic heterocycles. The van der Waals surface area contributed by atoms with Gasteiger partial charge in [-0.1, -0.05) is 6.08 Å². The zero-order valence-electron chi connectivity index (χ0n) is 12.0. The number of amides is 1. The summed E-state index contributed by atoms with van der Waals surface area (Å²) >= 11 is 1.47. The van der Waals surface area contributed by atoms with Crippen molar-refractivity contribution < 1.29 is 4.79 Å². The van der Waals surface area contributed by atoms with Crippen LogP contribution in [0.2, 0.25) is 0 Å². The zero-order chi connectivity index (χ0) is 14.6. The molecule has 3 aliphatic carbocycles. The smallest absolute Gasteiger partial charge is 0.263 e. The van der Waals surface area contributed by atoms with Gasteiger partial charge in [0.25, 0.3) is 5.91 Å². The number of anilines is 2. The number of carbonyl (C=O) groups is 1. The summed E-state index contributed by atoms with van der Waals surface area (Å²) in [6.45, 7) is 4.07. The van der Waals surface area contributed by atoms with Crippen LogP contribution in [-0.4, -0.2) is 18.5 Å². The minimum absolute atomic E-state index is 0.110. The fourth-order valence-electron chi connectivity index (χ4n) is 4.58. The number of nitrogens with one attached hydrogen (secondary N) is 2. The molecule has 0 saturated heterocycles. The van der Waals surface area contributed by atoms with Gasteiger partial charge in [0, 0.05) is 12.6 Å². The van der Waals surface area contributed by atoms with Crippen LogP contribution >= 0.6 is 11.3 Å². The van der Waals surface area contributed by atoms with Gasteiger partial charge in [-0.25, -0.2) is 0 Å². The molecule has 1 aromatic rings. The first kappa shape index (κ1) is 13.2. The SMILES string of the molecule is C=CCNC(=O)c1sc(NC2C3C4CCC(C4)C23)cc1N. The second-order valence-electron chi connectivity index (χ2n) is 6.55. The Morgan fingerprint density at radius 1 is 1.43 bits per heavy atom. The molecule has 0 aromatic carbocycles. The highest BCUT2D eigenvalue weighted by Crippen LogP contribution is 2.66. The van der Waals surface area contributed by atoms with E-state index < -0.39 is 0 Å². The van der Waals surface area contributed by atoms with E-state index >= 15 is 0 Å². The van der Waals surface area contributed by atoms with E-state index in [-0.39, 0.29) is 5.91 Å². The van der Waals surface area contributed by atoms with E-state index in [1.165, 1.54) is 30.6 Å². The fourth-order valence-corrected chi connectivity index (χ4v) is 5.52. The predicted molar refractivity (Wildman–Crippen MR) is 86.5 cm³/mol. The second-order valence-corrected chi connectivity index (χ2v) is 7.60. The highest BCUT2D eigenvalue weighted by molar-refractivity contribution is 7.18. The van der Waals surface area contributed by atoms with Gasteiger partial charge in [-0.2, -0.15) is 0 Å². The summed E-state index contributed by atoms with van der Waals surface area (Å²) < 4.78 is 0. The van der Waals surface area contributed by atoms with Gasteiger partial charge < -0.3 is 16.4 Å². The predicted octanol–water partition coefficient (Wildman–Crippen LogP) is 2.70. The molecule has 0 radical (unpaired) electrons. The molecule has 4 rings (SSSR count). The Morgan fingerprint density at radius 3 is 2.81 bits per heavy atom. The molecule has 4 atom stereocenters. The van der Waals surface area contributed by atoms with E-state index in [1.807, 2.05) is 6.07 Å². The maximum Gasteiger partial charge on any atom is 0.263 e. The summed E-state index contributed by atoms with van der Waals surface area (Å²) in [6.07, 6.45) is 5.97. The lowest BCUT2D eigenvalue weighted by Gasteiger charge is -2.09. The molecule has 1 amide bonds. The Balaban J connectivity index is 1.43. The fraction of sp³-hybridized carbons (Fsp3) is 0.562. The standard InChI is InChI=1S/C16H21N3OS/c1-2-5-18-16(20)15-10(17)7-11(21-15)19-14-12-8-3-4-9(6-8)13(12)14/h2,7-9,12-14,19H,1,3-6,17H2,(H,18,20). The van der Waals surface area contributed by atoms with Crippen LogP contribution in [0.1, 0.15) is 28.9 Å².